The first-order valence-corrected chi connectivity index (χ1v) is 6.54. The number of carboxylic acids is 1. The molecule has 7 nitrogen and oxygen atoms in total. The van der Waals surface area contributed by atoms with Gasteiger partial charge in [-0.1, -0.05) is 0 Å². The number of nitrogens with zero attached hydrogens (tertiary/aromatic N) is 2. The number of aliphatic carboxylic acids is 1. The van der Waals surface area contributed by atoms with Crippen LogP contribution in [0.25, 0.3) is 0 Å². The third-order valence-corrected chi connectivity index (χ3v) is 3.99. The molecular weight excluding hydrogens is 252 g/mol. The fraction of sp³-hybridized carbons (Fsp3) is 0.833. The minimum atomic E-state index is -1.09. The first-order valence-electron chi connectivity index (χ1n) is 6.54. The Labute approximate surface area is 111 Å². The van der Waals surface area contributed by atoms with E-state index in [1.807, 2.05) is 0 Å². The van der Waals surface area contributed by atoms with Crippen molar-refractivity contribution in [1.29, 1.82) is 0 Å². The van der Waals surface area contributed by atoms with Crippen LogP contribution in [0.1, 0.15) is 19.8 Å². The second-order valence-corrected chi connectivity index (χ2v) is 5.41. The number of aliphatic hydroxyl groups is 2. The van der Waals surface area contributed by atoms with E-state index in [-0.39, 0.29) is 24.9 Å². The van der Waals surface area contributed by atoms with Gasteiger partial charge in [0.25, 0.3) is 0 Å². The van der Waals surface area contributed by atoms with Crippen LogP contribution in [0.4, 0.5) is 4.79 Å². The van der Waals surface area contributed by atoms with Gasteiger partial charge >= 0.3 is 12.0 Å². The molecule has 7 heteroatoms. The van der Waals surface area contributed by atoms with E-state index in [0.717, 1.165) is 6.42 Å². The molecule has 0 aliphatic carbocycles. The number of hydrogen-bond acceptors (Lipinski definition) is 4. The zero-order valence-corrected chi connectivity index (χ0v) is 10.9. The van der Waals surface area contributed by atoms with Crippen molar-refractivity contribution in [3.8, 4) is 0 Å². The van der Waals surface area contributed by atoms with Crippen LogP contribution in [0.3, 0.4) is 0 Å². The van der Waals surface area contributed by atoms with E-state index in [1.165, 1.54) is 4.90 Å². The topological polar surface area (TPSA) is 101 Å². The molecule has 3 N–H and O–H groups in total. The highest BCUT2D eigenvalue weighted by Crippen LogP contribution is 2.25. The number of rotatable bonds is 2. The molecule has 19 heavy (non-hydrogen) atoms. The number of urea groups is 1. The third-order valence-electron chi connectivity index (χ3n) is 3.99. The van der Waals surface area contributed by atoms with Crippen molar-refractivity contribution in [3.05, 3.63) is 0 Å². The highest BCUT2D eigenvalue weighted by Gasteiger charge is 2.42. The predicted octanol–water partition coefficient (Wildman–Crippen LogP) is -0.671. The van der Waals surface area contributed by atoms with Gasteiger partial charge in [-0.15, -0.1) is 0 Å². The summed E-state index contributed by atoms with van der Waals surface area (Å²) in [6, 6.07) is -1.31. The van der Waals surface area contributed by atoms with E-state index in [1.54, 1.807) is 11.8 Å². The van der Waals surface area contributed by atoms with Crippen molar-refractivity contribution in [3.63, 3.8) is 0 Å². The second kappa shape index (κ2) is 5.34. The van der Waals surface area contributed by atoms with Crippen molar-refractivity contribution in [2.24, 2.45) is 5.92 Å². The van der Waals surface area contributed by atoms with E-state index >= 15 is 0 Å². The van der Waals surface area contributed by atoms with Gasteiger partial charge in [-0.05, 0) is 13.3 Å². The molecule has 0 aromatic rings. The highest BCUT2D eigenvalue weighted by molar-refractivity contribution is 5.83. The van der Waals surface area contributed by atoms with Crippen LogP contribution in [0.2, 0.25) is 0 Å². The number of β-amino-alcohol motifs (C(OH)–C–C–N with tert-alkyl or cyclic N) is 1. The van der Waals surface area contributed by atoms with Gasteiger partial charge in [0.15, 0.2) is 0 Å². The molecule has 0 radical (unpaired) electrons. The number of hydrogen-bond donors (Lipinski definition) is 3. The van der Waals surface area contributed by atoms with E-state index in [2.05, 4.69) is 0 Å². The zero-order chi connectivity index (χ0) is 14.2. The average molecular weight is 272 g/mol. The Kier molecular flexibility index (Phi) is 3.96. The summed E-state index contributed by atoms with van der Waals surface area (Å²) < 4.78 is 0. The van der Waals surface area contributed by atoms with Gasteiger partial charge in [-0.25, -0.2) is 9.59 Å². The Morgan fingerprint density at radius 3 is 2.53 bits per heavy atom. The van der Waals surface area contributed by atoms with E-state index < -0.39 is 24.2 Å². The lowest BCUT2D eigenvalue weighted by Crippen LogP contribution is -2.47. The molecule has 2 unspecified atom stereocenters. The first-order chi connectivity index (χ1) is 8.90. The molecular formula is C12H20N2O5. The van der Waals surface area contributed by atoms with Gasteiger partial charge in [-0.3, -0.25) is 0 Å². The number of carbonyl (C=O) groups is 2. The summed E-state index contributed by atoms with van der Waals surface area (Å²) in [5, 5.41) is 28.1. The zero-order valence-electron chi connectivity index (χ0n) is 10.9. The van der Waals surface area contributed by atoms with Crippen LogP contribution >= 0.6 is 0 Å². The standard InChI is InChI=1S/C12H20N2O5/c1-7(15)8-2-3-13(5-8)12(19)14-6-9(16)4-10(14)11(17)18/h7-10,15-16H,2-6H2,1H3,(H,17,18)/t7?,8?,9-,10-/m1/s1. The fourth-order valence-electron chi connectivity index (χ4n) is 2.80. The number of carboxylic acid groups (broad SMARTS) is 1. The molecule has 0 aromatic heterocycles. The Hall–Kier alpha value is -1.34. The molecule has 2 saturated heterocycles. The lowest BCUT2D eigenvalue weighted by Gasteiger charge is -2.27. The summed E-state index contributed by atoms with van der Waals surface area (Å²) in [4.78, 5) is 26.1. The number of aliphatic hydroxyl groups excluding tert-OH is 2. The molecule has 0 spiro atoms. The second-order valence-electron chi connectivity index (χ2n) is 5.41. The molecule has 108 valence electrons. The highest BCUT2D eigenvalue weighted by atomic mass is 16.4. The van der Waals surface area contributed by atoms with Crippen LogP contribution in [-0.2, 0) is 4.79 Å². The lowest BCUT2D eigenvalue weighted by molar-refractivity contribution is -0.141. The predicted molar refractivity (Wildman–Crippen MR) is 65.5 cm³/mol. The lowest BCUT2D eigenvalue weighted by atomic mass is 10.0. The summed E-state index contributed by atoms with van der Waals surface area (Å²) in [7, 11) is 0. The maximum atomic E-state index is 12.3. The number of carbonyl (C=O) groups excluding carboxylic acids is 1. The molecule has 2 aliphatic rings. The quantitative estimate of drug-likeness (QED) is 0.619. The van der Waals surface area contributed by atoms with Gasteiger partial charge < -0.3 is 25.1 Å². The minimum Gasteiger partial charge on any atom is -0.480 e. The third kappa shape index (κ3) is 2.82. The van der Waals surface area contributed by atoms with Crippen LogP contribution in [-0.4, -0.2) is 75.0 Å². The summed E-state index contributed by atoms with van der Waals surface area (Å²) in [5.41, 5.74) is 0. The molecule has 0 aromatic carbocycles. The smallest absolute Gasteiger partial charge is 0.326 e. The Morgan fingerprint density at radius 2 is 2.00 bits per heavy atom. The maximum Gasteiger partial charge on any atom is 0.326 e. The SMILES string of the molecule is CC(O)C1CCN(C(=O)N2C[C@H](O)C[C@@H]2C(=O)O)C1. The summed E-state index contributed by atoms with van der Waals surface area (Å²) in [5.74, 6) is -1.05. The molecule has 2 rings (SSSR count). The molecule has 0 bridgehead atoms. The Morgan fingerprint density at radius 1 is 1.32 bits per heavy atom. The number of likely N-dealkylation sites (tertiary alicyclic amines) is 2. The van der Waals surface area contributed by atoms with Gasteiger partial charge in [0.05, 0.1) is 12.2 Å². The number of amides is 2. The van der Waals surface area contributed by atoms with Gasteiger partial charge in [0, 0.05) is 32.0 Å². The largest absolute Gasteiger partial charge is 0.480 e. The normalized spacial score (nSPS) is 32.7. The van der Waals surface area contributed by atoms with Gasteiger partial charge in [0.2, 0.25) is 0 Å². The van der Waals surface area contributed by atoms with Crippen molar-refractivity contribution >= 4 is 12.0 Å². The van der Waals surface area contributed by atoms with Crippen molar-refractivity contribution < 1.29 is 24.9 Å². The first kappa shape index (κ1) is 14.1. The van der Waals surface area contributed by atoms with Crippen molar-refractivity contribution in [2.75, 3.05) is 19.6 Å². The van der Waals surface area contributed by atoms with Crippen molar-refractivity contribution in [2.45, 2.75) is 38.0 Å². The minimum absolute atomic E-state index is 0.0414. The summed E-state index contributed by atoms with van der Waals surface area (Å²) in [6.45, 7) is 2.71. The van der Waals surface area contributed by atoms with Crippen LogP contribution in [0.15, 0.2) is 0 Å². The van der Waals surface area contributed by atoms with Gasteiger partial charge in [0.1, 0.15) is 6.04 Å². The van der Waals surface area contributed by atoms with Crippen LogP contribution < -0.4 is 0 Å². The summed E-state index contributed by atoms with van der Waals surface area (Å²) in [6.07, 6.45) is -0.454. The van der Waals surface area contributed by atoms with Gasteiger partial charge in [-0.2, -0.15) is 0 Å². The Balaban J connectivity index is 2.01. The summed E-state index contributed by atoms with van der Waals surface area (Å²) >= 11 is 0. The van der Waals surface area contributed by atoms with Crippen molar-refractivity contribution in [1.82, 2.24) is 9.80 Å². The molecule has 2 fully saturated rings. The monoisotopic (exact) mass is 272 g/mol. The molecule has 2 heterocycles. The molecule has 4 atom stereocenters. The molecule has 2 aliphatic heterocycles. The van der Waals surface area contributed by atoms with E-state index in [4.69, 9.17) is 5.11 Å². The molecule has 0 saturated carbocycles. The van der Waals surface area contributed by atoms with E-state index in [9.17, 15) is 19.8 Å². The average Bonchev–Trinajstić information content (AvgIpc) is 2.94. The Bertz CT molecular complexity index is 373. The van der Waals surface area contributed by atoms with Crippen LogP contribution in [0, 0.1) is 5.92 Å². The van der Waals surface area contributed by atoms with E-state index in [0.29, 0.717) is 13.1 Å². The fourth-order valence-corrected chi connectivity index (χ4v) is 2.80. The molecule has 2 amide bonds. The maximum absolute atomic E-state index is 12.3. The van der Waals surface area contributed by atoms with Crippen LogP contribution in [0.5, 0.6) is 0 Å².